The van der Waals surface area contributed by atoms with Crippen molar-refractivity contribution in [3.8, 4) is 0 Å². The van der Waals surface area contributed by atoms with Gasteiger partial charge in [0.2, 0.25) is 0 Å². The first kappa shape index (κ1) is 11.6. The Hall–Kier alpha value is -0.870. The van der Waals surface area contributed by atoms with Crippen molar-refractivity contribution in [3.05, 3.63) is 17.3 Å². The molecule has 1 fully saturated rings. The third-order valence-electron chi connectivity index (χ3n) is 2.51. The van der Waals surface area contributed by atoms with Crippen molar-refractivity contribution in [1.82, 2.24) is 10.2 Å². The number of hydrogen-bond acceptors (Lipinski definition) is 4. The Labute approximate surface area is 101 Å². The highest BCUT2D eigenvalue weighted by atomic mass is 35.5. The van der Waals surface area contributed by atoms with Crippen molar-refractivity contribution in [2.45, 2.75) is 32.5 Å². The zero-order valence-electron chi connectivity index (χ0n) is 9.77. The molecule has 0 saturated carbocycles. The molecule has 1 aromatic heterocycles. The summed E-state index contributed by atoms with van der Waals surface area (Å²) in [5, 5.41) is 8.37. The minimum atomic E-state index is -0.154. The molecule has 1 aliphatic rings. The molecule has 1 unspecified atom stereocenters. The first-order valence-electron chi connectivity index (χ1n) is 5.38. The van der Waals surface area contributed by atoms with Crippen LogP contribution in [0, 0.1) is 0 Å². The van der Waals surface area contributed by atoms with Gasteiger partial charge in [-0.1, -0.05) is 11.6 Å². The molecule has 88 valence electrons. The maximum absolute atomic E-state index is 5.83. The number of nitrogens with zero attached hydrogens (tertiary/aromatic N) is 3. The molecule has 1 aromatic rings. The molecule has 0 N–H and O–H groups in total. The molecular weight excluding hydrogens is 226 g/mol. The number of morpholine rings is 1. The largest absolute Gasteiger partial charge is 0.369 e. The monoisotopic (exact) mass is 241 g/mol. The predicted molar refractivity (Wildman–Crippen MR) is 63.9 cm³/mol. The summed E-state index contributed by atoms with van der Waals surface area (Å²) in [6.07, 6.45) is 0.196. The van der Waals surface area contributed by atoms with E-state index in [0.29, 0.717) is 5.15 Å². The van der Waals surface area contributed by atoms with Gasteiger partial charge in [0, 0.05) is 13.1 Å². The summed E-state index contributed by atoms with van der Waals surface area (Å²) >= 11 is 5.72. The van der Waals surface area contributed by atoms with Gasteiger partial charge in [-0.2, -0.15) is 0 Å². The standard InChI is InChI=1S/C11H16ClN3O/c1-8-6-15(7-11(2,3)16-8)10-5-4-9(12)13-14-10/h4-5,8H,6-7H2,1-3H3. The van der Waals surface area contributed by atoms with E-state index in [1.165, 1.54) is 0 Å². The van der Waals surface area contributed by atoms with Crippen molar-refractivity contribution < 1.29 is 4.74 Å². The number of rotatable bonds is 1. The summed E-state index contributed by atoms with van der Waals surface area (Å²) < 4.78 is 5.83. The Morgan fingerprint density at radius 3 is 2.75 bits per heavy atom. The van der Waals surface area contributed by atoms with Gasteiger partial charge in [-0.15, -0.1) is 10.2 Å². The Balaban J connectivity index is 2.17. The van der Waals surface area contributed by atoms with Crippen molar-refractivity contribution in [3.63, 3.8) is 0 Å². The maximum Gasteiger partial charge on any atom is 0.151 e. The lowest BCUT2D eigenvalue weighted by Gasteiger charge is -2.42. The highest BCUT2D eigenvalue weighted by Gasteiger charge is 2.31. The van der Waals surface area contributed by atoms with Crippen LogP contribution in [-0.2, 0) is 4.74 Å². The minimum Gasteiger partial charge on any atom is -0.369 e. The van der Waals surface area contributed by atoms with Crippen molar-refractivity contribution in [2.24, 2.45) is 0 Å². The van der Waals surface area contributed by atoms with Crippen LogP contribution in [0.1, 0.15) is 20.8 Å². The van der Waals surface area contributed by atoms with E-state index in [2.05, 4.69) is 35.9 Å². The van der Waals surface area contributed by atoms with E-state index in [9.17, 15) is 0 Å². The molecule has 0 aromatic carbocycles. The normalized spacial score (nSPS) is 24.5. The van der Waals surface area contributed by atoms with Crippen molar-refractivity contribution in [1.29, 1.82) is 0 Å². The van der Waals surface area contributed by atoms with E-state index in [-0.39, 0.29) is 11.7 Å². The number of hydrogen-bond donors (Lipinski definition) is 0. The van der Waals surface area contributed by atoms with E-state index in [1.54, 1.807) is 6.07 Å². The fraction of sp³-hybridized carbons (Fsp3) is 0.636. The molecule has 0 radical (unpaired) electrons. The summed E-state index contributed by atoms with van der Waals surface area (Å²) in [7, 11) is 0. The van der Waals surface area contributed by atoms with Gasteiger partial charge in [0.05, 0.1) is 11.7 Å². The van der Waals surface area contributed by atoms with Crippen LogP contribution in [0.4, 0.5) is 5.82 Å². The van der Waals surface area contributed by atoms with Gasteiger partial charge in [0.1, 0.15) is 0 Å². The van der Waals surface area contributed by atoms with Crippen LogP contribution in [0.3, 0.4) is 0 Å². The summed E-state index contributed by atoms with van der Waals surface area (Å²) in [6, 6.07) is 3.65. The Morgan fingerprint density at radius 2 is 2.19 bits per heavy atom. The second kappa shape index (κ2) is 4.18. The minimum absolute atomic E-state index is 0.154. The van der Waals surface area contributed by atoms with Crippen LogP contribution >= 0.6 is 11.6 Å². The lowest BCUT2D eigenvalue weighted by molar-refractivity contribution is -0.0752. The maximum atomic E-state index is 5.83. The molecule has 0 aliphatic carbocycles. The quantitative estimate of drug-likeness (QED) is 0.755. The second-order valence-electron chi connectivity index (χ2n) is 4.78. The molecule has 5 heteroatoms. The smallest absolute Gasteiger partial charge is 0.151 e. The summed E-state index contributed by atoms with van der Waals surface area (Å²) in [5.41, 5.74) is -0.154. The highest BCUT2D eigenvalue weighted by Crippen LogP contribution is 2.24. The van der Waals surface area contributed by atoms with Gasteiger partial charge in [-0.3, -0.25) is 0 Å². The second-order valence-corrected chi connectivity index (χ2v) is 5.17. The predicted octanol–water partition coefficient (Wildman–Crippen LogP) is 2.13. The van der Waals surface area contributed by atoms with Gasteiger partial charge < -0.3 is 9.64 Å². The molecule has 16 heavy (non-hydrogen) atoms. The Kier molecular flexibility index (Phi) is 3.04. The molecule has 0 bridgehead atoms. The molecule has 4 nitrogen and oxygen atoms in total. The lowest BCUT2D eigenvalue weighted by atomic mass is 10.1. The van der Waals surface area contributed by atoms with Crippen LogP contribution in [0.5, 0.6) is 0 Å². The van der Waals surface area contributed by atoms with E-state index in [1.807, 2.05) is 6.07 Å². The molecule has 2 rings (SSSR count). The summed E-state index contributed by atoms with van der Waals surface area (Å²) in [6.45, 7) is 7.88. The van der Waals surface area contributed by atoms with E-state index < -0.39 is 0 Å². The van der Waals surface area contributed by atoms with Crippen LogP contribution in [-0.4, -0.2) is 35.0 Å². The molecule has 0 spiro atoms. The third kappa shape index (κ3) is 2.62. The third-order valence-corrected chi connectivity index (χ3v) is 2.71. The van der Waals surface area contributed by atoms with Crippen LogP contribution < -0.4 is 4.90 Å². The zero-order valence-corrected chi connectivity index (χ0v) is 10.5. The average molecular weight is 242 g/mol. The number of halogens is 1. The molecule has 0 amide bonds. The summed E-state index contributed by atoms with van der Waals surface area (Å²) in [4.78, 5) is 2.18. The van der Waals surface area contributed by atoms with E-state index in [4.69, 9.17) is 16.3 Å². The number of ether oxygens (including phenoxy) is 1. The van der Waals surface area contributed by atoms with Crippen molar-refractivity contribution >= 4 is 17.4 Å². The number of anilines is 1. The first-order chi connectivity index (χ1) is 7.46. The SMILES string of the molecule is CC1CN(c2ccc(Cl)nn2)CC(C)(C)O1. The van der Waals surface area contributed by atoms with Crippen molar-refractivity contribution in [2.75, 3.05) is 18.0 Å². The van der Waals surface area contributed by atoms with Gasteiger partial charge >= 0.3 is 0 Å². The Morgan fingerprint density at radius 1 is 1.44 bits per heavy atom. The van der Waals surface area contributed by atoms with Gasteiger partial charge in [-0.25, -0.2) is 0 Å². The fourth-order valence-electron chi connectivity index (χ4n) is 2.11. The van der Waals surface area contributed by atoms with E-state index >= 15 is 0 Å². The molecule has 1 saturated heterocycles. The molecule has 1 atom stereocenters. The first-order valence-corrected chi connectivity index (χ1v) is 5.76. The average Bonchev–Trinajstić information content (AvgIpc) is 2.15. The number of aromatic nitrogens is 2. The molecular formula is C11H16ClN3O. The van der Waals surface area contributed by atoms with Crippen LogP contribution in [0.2, 0.25) is 5.15 Å². The van der Waals surface area contributed by atoms with Crippen LogP contribution in [0.25, 0.3) is 0 Å². The summed E-state index contributed by atoms with van der Waals surface area (Å²) in [5.74, 6) is 0.854. The van der Waals surface area contributed by atoms with Crippen LogP contribution in [0.15, 0.2) is 12.1 Å². The highest BCUT2D eigenvalue weighted by molar-refractivity contribution is 6.29. The lowest BCUT2D eigenvalue weighted by Crippen LogP contribution is -2.52. The Bertz CT molecular complexity index is 366. The van der Waals surface area contributed by atoms with Gasteiger partial charge in [0.25, 0.3) is 0 Å². The molecule has 1 aliphatic heterocycles. The topological polar surface area (TPSA) is 38.2 Å². The fourth-order valence-corrected chi connectivity index (χ4v) is 2.21. The molecule has 2 heterocycles. The zero-order chi connectivity index (χ0) is 11.8. The van der Waals surface area contributed by atoms with E-state index in [0.717, 1.165) is 18.9 Å². The van der Waals surface area contributed by atoms with Gasteiger partial charge in [0.15, 0.2) is 11.0 Å². The van der Waals surface area contributed by atoms with Gasteiger partial charge in [-0.05, 0) is 32.9 Å².